The molecule has 2 rings (SSSR count). The van der Waals surface area contributed by atoms with Gasteiger partial charge in [0.2, 0.25) is 5.91 Å². The number of likely N-dealkylation sites (tertiary alicyclic amines) is 1. The largest absolute Gasteiger partial charge is 0.396 e. The molecule has 2 aliphatic rings. The van der Waals surface area contributed by atoms with E-state index in [-0.39, 0.29) is 24.5 Å². The number of aliphatic hydroxyl groups is 1. The summed E-state index contributed by atoms with van der Waals surface area (Å²) >= 11 is 0. The van der Waals surface area contributed by atoms with Crippen molar-refractivity contribution in [2.45, 2.75) is 18.9 Å². The molecule has 2 fully saturated rings. The van der Waals surface area contributed by atoms with Gasteiger partial charge in [-0.1, -0.05) is 0 Å². The molecular formula is C11H20N2O3. The monoisotopic (exact) mass is 228 g/mol. The Morgan fingerprint density at radius 1 is 1.50 bits per heavy atom. The molecule has 0 bridgehead atoms. The average molecular weight is 228 g/mol. The number of rotatable bonds is 3. The van der Waals surface area contributed by atoms with Gasteiger partial charge < -0.3 is 20.5 Å². The zero-order chi connectivity index (χ0) is 11.5. The van der Waals surface area contributed by atoms with Gasteiger partial charge >= 0.3 is 0 Å². The minimum Gasteiger partial charge on any atom is -0.396 e. The fourth-order valence-corrected chi connectivity index (χ4v) is 2.51. The second kappa shape index (κ2) is 5.12. The molecule has 0 aromatic carbocycles. The average Bonchev–Trinajstić information content (AvgIpc) is 2.87. The van der Waals surface area contributed by atoms with Crippen molar-refractivity contribution in [3.8, 4) is 0 Å². The van der Waals surface area contributed by atoms with Crippen LogP contribution >= 0.6 is 0 Å². The molecule has 0 aliphatic carbocycles. The Kier molecular flexibility index (Phi) is 3.78. The van der Waals surface area contributed by atoms with Gasteiger partial charge in [0, 0.05) is 25.7 Å². The van der Waals surface area contributed by atoms with Crippen LogP contribution in [0.3, 0.4) is 0 Å². The zero-order valence-corrected chi connectivity index (χ0v) is 9.47. The van der Waals surface area contributed by atoms with Crippen LogP contribution in [-0.2, 0) is 9.53 Å². The van der Waals surface area contributed by atoms with Crippen molar-refractivity contribution in [3.05, 3.63) is 0 Å². The van der Waals surface area contributed by atoms with Crippen molar-refractivity contribution in [1.82, 2.24) is 4.90 Å². The molecule has 2 heterocycles. The first kappa shape index (κ1) is 11.8. The standard InChI is InChI=1S/C11H20N2O3/c12-10-7-16-6-9(10)11(15)13-3-1-8(5-13)2-4-14/h8-10,14H,1-7,12H2. The van der Waals surface area contributed by atoms with E-state index in [0.717, 1.165) is 25.9 Å². The third-order valence-electron chi connectivity index (χ3n) is 3.58. The van der Waals surface area contributed by atoms with Crippen LogP contribution in [0.1, 0.15) is 12.8 Å². The number of carbonyl (C=O) groups is 1. The van der Waals surface area contributed by atoms with E-state index in [9.17, 15) is 4.79 Å². The van der Waals surface area contributed by atoms with E-state index in [1.807, 2.05) is 4.90 Å². The van der Waals surface area contributed by atoms with Gasteiger partial charge in [-0.25, -0.2) is 0 Å². The highest BCUT2D eigenvalue weighted by molar-refractivity contribution is 5.80. The number of amides is 1. The minimum atomic E-state index is -0.159. The van der Waals surface area contributed by atoms with Crippen LogP contribution in [-0.4, -0.2) is 54.9 Å². The van der Waals surface area contributed by atoms with Crippen molar-refractivity contribution in [2.75, 3.05) is 32.9 Å². The predicted octanol–water partition coefficient (Wildman–Crippen LogP) is -0.809. The van der Waals surface area contributed by atoms with Crippen LogP contribution < -0.4 is 5.73 Å². The molecule has 2 saturated heterocycles. The zero-order valence-electron chi connectivity index (χ0n) is 9.47. The lowest BCUT2D eigenvalue weighted by Gasteiger charge is -2.21. The molecule has 92 valence electrons. The second-order valence-corrected chi connectivity index (χ2v) is 4.76. The normalized spacial score (nSPS) is 34.6. The molecule has 3 N–H and O–H groups in total. The Balaban J connectivity index is 1.86. The second-order valence-electron chi connectivity index (χ2n) is 4.76. The summed E-state index contributed by atoms with van der Waals surface area (Å²) in [5.74, 6) is 0.422. The van der Waals surface area contributed by atoms with E-state index in [2.05, 4.69) is 0 Å². The highest BCUT2D eigenvalue weighted by Crippen LogP contribution is 2.23. The third-order valence-corrected chi connectivity index (χ3v) is 3.58. The maximum atomic E-state index is 12.1. The molecular weight excluding hydrogens is 208 g/mol. The molecule has 0 saturated carbocycles. The molecule has 0 radical (unpaired) electrons. The summed E-state index contributed by atoms with van der Waals surface area (Å²) in [7, 11) is 0. The van der Waals surface area contributed by atoms with Gasteiger partial charge in [-0.2, -0.15) is 0 Å². The smallest absolute Gasteiger partial charge is 0.229 e. The fraction of sp³-hybridized carbons (Fsp3) is 0.909. The quantitative estimate of drug-likeness (QED) is 0.662. The highest BCUT2D eigenvalue weighted by atomic mass is 16.5. The van der Waals surface area contributed by atoms with Gasteiger partial charge in [-0.05, 0) is 18.8 Å². The van der Waals surface area contributed by atoms with E-state index < -0.39 is 0 Å². The molecule has 5 heteroatoms. The van der Waals surface area contributed by atoms with Gasteiger partial charge in [0.15, 0.2) is 0 Å². The van der Waals surface area contributed by atoms with Crippen molar-refractivity contribution >= 4 is 5.91 Å². The van der Waals surface area contributed by atoms with Gasteiger partial charge in [0.05, 0.1) is 19.1 Å². The maximum absolute atomic E-state index is 12.1. The molecule has 16 heavy (non-hydrogen) atoms. The van der Waals surface area contributed by atoms with Gasteiger partial charge in [0.1, 0.15) is 0 Å². The summed E-state index contributed by atoms with van der Waals surface area (Å²) in [5.41, 5.74) is 5.83. The molecule has 0 aromatic heterocycles. The van der Waals surface area contributed by atoms with Crippen LogP contribution in [0.4, 0.5) is 0 Å². The SMILES string of the molecule is NC1COCC1C(=O)N1CCC(CCO)C1. The van der Waals surface area contributed by atoms with Gasteiger partial charge in [0.25, 0.3) is 0 Å². The summed E-state index contributed by atoms with van der Waals surface area (Å²) in [6.07, 6.45) is 1.78. The molecule has 2 aliphatic heterocycles. The number of nitrogens with two attached hydrogens (primary N) is 1. The molecule has 3 atom stereocenters. The first-order valence-corrected chi connectivity index (χ1v) is 5.95. The van der Waals surface area contributed by atoms with E-state index >= 15 is 0 Å². The Bertz CT molecular complexity index is 260. The van der Waals surface area contributed by atoms with Crippen molar-refractivity contribution in [1.29, 1.82) is 0 Å². The van der Waals surface area contributed by atoms with Crippen LogP contribution in [0.5, 0.6) is 0 Å². The molecule has 3 unspecified atom stereocenters. The summed E-state index contributed by atoms with van der Waals surface area (Å²) in [6, 6.07) is -0.149. The number of hydrogen-bond acceptors (Lipinski definition) is 4. The van der Waals surface area contributed by atoms with E-state index in [0.29, 0.717) is 19.1 Å². The minimum absolute atomic E-state index is 0.130. The van der Waals surface area contributed by atoms with Crippen molar-refractivity contribution < 1.29 is 14.6 Å². The molecule has 0 spiro atoms. The molecule has 5 nitrogen and oxygen atoms in total. The number of ether oxygens (including phenoxy) is 1. The lowest BCUT2D eigenvalue weighted by molar-refractivity contribution is -0.134. The maximum Gasteiger partial charge on any atom is 0.229 e. The first-order valence-electron chi connectivity index (χ1n) is 5.95. The van der Waals surface area contributed by atoms with Crippen LogP contribution in [0.2, 0.25) is 0 Å². The summed E-state index contributed by atoms with van der Waals surface area (Å²) in [4.78, 5) is 14.0. The Morgan fingerprint density at radius 2 is 2.31 bits per heavy atom. The van der Waals surface area contributed by atoms with Crippen LogP contribution in [0.15, 0.2) is 0 Å². The topological polar surface area (TPSA) is 75.8 Å². The van der Waals surface area contributed by atoms with Crippen LogP contribution in [0, 0.1) is 11.8 Å². The van der Waals surface area contributed by atoms with E-state index in [4.69, 9.17) is 15.6 Å². The fourth-order valence-electron chi connectivity index (χ4n) is 2.51. The number of carbonyl (C=O) groups excluding carboxylic acids is 1. The van der Waals surface area contributed by atoms with Gasteiger partial charge in [-0.3, -0.25) is 4.79 Å². The Labute approximate surface area is 95.5 Å². The third kappa shape index (κ3) is 2.36. The predicted molar refractivity (Wildman–Crippen MR) is 58.7 cm³/mol. The first-order chi connectivity index (χ1) is 7.72. The van der Waals surface area contributed by atoms with E-state index in [1.165, 1.54) is 0 Å². The Morgan fingerprint density at radius 3 is 2.94 bits per heavy atom. The lowest BCUT2D eigenvalue weighted by atomic mass is 10.0. The summed E-state index contributed by atoms with van der Waals surface area (Å²) in [5, 5.41) is 8.86. The number of aliphatic hydroxyl groups excluding tert-OH is 1. The van der Waals surface area contributed by atoms with Crippen molar-refractivity contribution in [3.63, 3.8) is 0 Å². The summed E-state index contributed by atoms with van der Waals surface area (Å²) < 4.78 is 5.21. The number of hydrogen-bond donors (Lipinski definition) is 2. The van der Waals surface area contributed by atoms with E-state index in [1.54, 1.807) is 0 Å². The summed E-state index contributed by atoms with van der Waals surface area (Å²) in [6.45, 7) is 2.72. The van der Waals surface area contributed by atoms with Crippen LogP contribution in [0.25, 0.3) is 0 Å². The lowest BCUT2D eigenvalue weighted by Crippen LogP contribution is -2.42. The van der Waals surface area contributed by atoms with Crippen molar-refractivity contribution in [2.24, 2.45) is 17.6 Å². The Hall–Kier alpha value is -0.650. The van der Waals surface area contributed by atoms with Gasteiger partial charge in [-0.15, -0.1) is 0 Å². The molecule has 1 amide bonds. The highest BCUT2D eigenvalue weighted by Gasteiger charge is 2.36. The molecule has 0 aromatic rings. The number of nitrogens with zero attached hydrogens (tertiary/aromatic N) is 1.